The molecule has 1 aromatic rings. The highest BCUT2D eigenvalue weighted by Gasteiger charge is 2.35. The van der Waals surface area contributed by atoms with Crippen molar-refractivity contribution < 1.29 is 4.74 Å². The molecule has 0 amide bonds. The number of ether oxygens (including phenoxy) is 1. The topological polar surface area (TPSA) is 41.5 Å². The van der Waals surface area contributed by atoms with E-state index in [-0.39, 0.29) is 0 Å². The lowest BCUT2D eigenvalue weighted by Gasteiger charge is -2.35. The lowest BCUT2D eigenvalue weighted by molar-refractivity contribution is 0.0285. The third-order valence-electron chi connectivity index (χ3n) is 4.40. The van der Waals surface area contributed by atoms with E-state index in [2.05, 4.69) is 19.8 Å². The van der Waals surface area contributed by atoms with E-state index in [0.29, 0.717) is 12.1 Å². The molecule has 0 aromatic carbocycles. The summed E-state index contributed by atoms with van der Waals surface area (Å²) in [4.78, 5) is 13.9. The van der Waals surface area contributed by atoms with Crippen molar-refractivity contribution in [1.82, 2.24) is 14.9 Å². The number of hydrogen-bond donors (Lipinski definition) is 0. The minimum atomic E-state index is 0.421. The van der Waals surface area contributed by atoms with Crippen molar-refractivity contribution in [3.8, 4) is 0 Å². The second-order valence-corrected chi connectivity index (χ2v) is 5.90. The SMILES string of the molecule is CN(C)c1nccnc1C1CCCN1C1CCOCC1. The molecule has 110 valence electrons. The number of hydrogen-bond acceptors (Lipinski definition) is 5. The molecule has 0 N–H and O–H groups in total. The van der Waals surface area contributed by atoms with E-state index in [0.717, 1.165) is 37.6 Å². The zero-order valence-electron chi connectivity index (χ0n) is 12.5. The van der Waals surface area contributed by atoms with Gasteiger partial charge < -0.3 is 9.64 Å². The maximum absolute atomic E-state index is 5.50. The third kappa shape index (κ3) is 2.65. The van der Waals surface area contributed by atoms with Gasteiger partial charge in [-0.2, -0.15) is 0 Å². The molecule has 2 fully saturated rings. The fourth-order valence-corrected chi connectivity index (χ4v) is 3.46. The van der Waals surface area contributed by atoms with Crippen LogP contribution in [0.3, 0.4) is 0 Å². The van der Waals surface area contributed by atoms with Crippen LogP contribution in [0.25, 0.3) is 0 Å². The van der Waals surface area contributed by atoms with Crippen LogP contribution in [-0.2, 0) is 4.74 Å². The van der Waals surface area contributed by atoms with Crippen LogP contribution in [0.5, 0.6) is 0 Å². The number of likely N-dealkylation sites (tertiary alicyclic amines) is 1. The van der Waals surface area contributed by atoms with Crippen LogP contribution in [0.2, 0.25) is 0 Å². The average Bonchev–Trinajstić information content (AvgIpc) is 2.97. The maximum Gasteiger partial charge on any atom is 0.151 e. The second-order valence-electron chi connectivity index (χ2n) is 5.90. The molecule has 0 aliphatic carbocycles. The van der Waals surface area contributed by atoms with Gasteiger partial charge in [0.1, 0.15) is 0 Å². The van der Waals surface area contributed by atoms with Crippen LogP contribution in [0, 0.1) is 0 Å². The summed E-state index contributed by atoms with van der Waals surface area (Å²) in [6.07, 6.45) is 8.35. The molecule has 1 unspecified atom stereocenters. The Morgan fingerprint density at radius 1 is 1.15 bits per heavy atom. The minimum absolute atomic E-state index is 0.421. The highest BCUT2D eigenvalue weighted by Crippen LogP contribution is 2.37. The lowest BCUT2D eigenvalue weighted by atomic mass is 10.0. The third-order valence-corrected chi connectivity index (χ3v) is 4.40. The fourth-order valence-electron chi connectivity index (χ4n) is 3.46. The van der Waals surface area contributed by atoms with Crippen molar-refractivity contribution in [2.45, 2.75) is 37.8 Å². The monoisotopic (exact) mass is 276 g/mol. The Balaban J connectivity index is 1.84. The van der Waals surface area contributed by atoms with Gasteiger partial charge in [0.05, 0.1) is 11.7 Å². The maximum atomic E-state index is 5.50. The first kappa shape index (κ1) is 13.8. The molecule has 3 heterocycles. The van der Waals surface area contributed by atoms with E-state index in [1.807, 2.05) is 20.3 Å². The summed E-state index contributed by atoms with van der Waals surface area (Å²) in [5.41, 5.74) is 1.14. The van der Waals surface area contributed by atoms with E-state index in [4.69, 9.17) is 4.74 Å². The summed E-state index contributed by atoms with van der Waals surface area (Å²) in [6.45, 7) is 2.97. The average molecular weight is 276 g/mol. The first-order valence-corrected chi connectivity index (χ1v) is 7.59. The molecule has 2 aliphatic heterocycles. The summed E-state index contributed by atoms with van der Waals surface area (Å²) in [5, 5.41) is 0. The Morgan fingerprint density at radius 3 is 2.65 bits per heavy atom. The molecule has 0 radical (unpaired) electrons. The van der Waals surface area contributed by atoms with Gasteiger partial charge in [-0.3, -0.25) is 9.88 Å². The van der Waals surface area contributed by atoms with E-state index in [1.54, 1.807) is 6.20 Å². The van der Waals surface area contributed by atoms with E-state index >= 15 is 0 Å². The van der Waals surface area contributed by atoms with Gasteiger partial charge in [0.25, 0.3) is 0 Å². The summed E-state index contributed by atoms with van der Waals surface area (Å²) >= 11 is 0. The van der Waals surface area contributed by atoms with Crippen molar-refractivity contribution in [2.75, 3.05) is 38.8 Å². The summed E-state index contributed by atoms with van der Waals surface area (Å²) < 4.78 is 5.50. The Kier molecular flexibility index (Phi) is 4.17. The van der Waals surface area contributed by atoms with Gasteiger partial charge in [0, 0.05) is 45.7 Å². The van der Waals surface area contributed by atoms with Crippen molar-refractivity contribution in [3.63, 3.8) is 0 Å². The lowest BCUT2D eigenvalue weighted by Crippen LogP contribution is -2.39. The minimum Gasteiger partial charge on any atom is -0.381 e. The van der Waals surface area contributed by atoms with Gasteiger partial charge in [-0.05, 0) is 32.2 Å². The molecule has 20 heavy (non-hydrogen) atoms. The van der Waals surface area contributed by atoms with Crippen molar-refractivity contribution in [2.24, 2.45) is 0 Å². The Labute approximate surface area is 121 Å². The van der Waals surface area contributed by atoms with Crippen molar-refractivity contribution >= 4 is 5.82 Å². The predicted octanol–water partition coefficient (Wildman–Crippen LogP) is 1.86. The zero-order valence-corrected chi connectivity index (χ0v) is 12.5. The summed E-state index contributed by atoms with van der Waals surface area (Å²) in [7, 11) is 4.09. The standard InChI is InChI=1S/C15H24N4O/c1-18(2)15-14(16-7-8-17-15)13-4-3-9-19(13)12-5-10-20-11-6-12/h7-8,12-13H,3-6,9-11H2,1-2H3. The van der Waals surface area contributed by atoms with Gasteiger partial charge >= 0.3 is 0 Å². The van der Waals surface area contributed by atoms with Crippen LogP contribution in [0.1, 0.15) is 37.4 Å². The zero-order chi connectivity index (χ0) is 13.9. The van der Waals surface area contributed by atoms with Crippen LogP contribution >= 0.6 is 0 Å². The first-order chi connectivity index (χ1) is 9.77. The largest absolute Gasteiger partial charge is 0.381 e. The molecule has 2 aliphatic rings. The fraction of sp³-hybridized carbons (Fsp3) is 0.733. The van der Waals surface area contributed by atoms with E-state index < -0.39 is 0 Å². The molecule has 5 heteroatoms. The quantitative estimate of drug-likeness (QED) is 0.843. The molecule has 0 bridgehead atoms. The molecule has 5 nitrogen and oxygen atoms in total. The number of aromatic nitrogens is 2. The van der Waals surface area contributed by atoms with Gasteiger partial charge in [-0.15, -0.1) is 0 Å². The molecule has 0 spiro atoms. The van der Waals surface area contributed by atoms with Gasteiger partial charge in [0.2, 0.25) is 0 Å². The summed E-state index contributed by atoms with van der Waals surface area (Å²) in [5.74, 6) is 1.01. The Hall–Kier alpha value is -1.20. The van der Waals surface area contributed by atoms with Crippen LogP contribution < -0.4 is 4.90 Å². The number of rotatable bonds is 3. The molecular weight excluding hydrogens is 252 g/mol. The van der Waals surface area contributed by atoms with Crippen LogP contribution in [-0.4, -0.2) is 54.8 Å². The van der Waals surface area contributed by atoms with E-state index in [9.17, 15) is 0 Å². The highest BCUT2D eigenvalue weighted by atomic mass is 16.5. The van der Waals surface area contributed by atoms with Crippen LogP contribution in [0.4, 0.5) is 5.82 Å². The van der Waals surface area contributed by atoms with Gasteiger partial charge in [0.15, 0.2) is 5.82 Å². The van der Waals surface area contributed by atoms with Crippen molar-refractivity contribution in [3.05, 3.63) is 18.1 Å². The van der Waals surface area contributed by atoms with Crippen molar-refractivity contribution in [1.29, 1.82) is 0 Å². The molecule has 1 aromatic heterocycles. The smallest absolute Gasteiger partial charge is 0.151 e. The molecule has 2 saturated heterocycles. The first-order valence-electron chi connectivity index (χ1n) is 7.59. The Morgan fingerprint density at radius 2 is 1.90 bits per heavy atom. The number of nitrogens with zero attached hydrogens (tertiary/aromatic N) is 4. The predicted molar refractivity (Wildman–Crippen MR) is 78.9 cm³/mol. The molecule has 1 atom stereocenters. The highest BCUT2D eigenvalue weighted by molar-refractivity contribution is 5.43. The molecule has 0 saturated carbocycles. The van der Waals surface area contributed by atoms with E-state index in [1.165, 1.54) is 19.4 Å². The van der Waals surface area contributed by atoms with Gasteiger partial charge in [-0.1, -0.05) is 0 Å². The molecular formula is C15H24N4O. The second kappa shape index (κ2) is 6.06. The Bertz CT molecular complexity index is 445. The van der Waals surface area contributed by atoms with Crippen LogP contribution in [0.15, 0.2) is 12.4 Å². The summed E-state index contributed by atoms with van der Waals surface area (Å²) in [6, 6.07) is 1.07. The van der Waals surface area contributed by atoms with Gasteiger partial charge in [-0.25, -0.2) is 4.98 Å². The normalized spacial score (nSPS) is 25.0. The molecule has 3 rings (SSSR count). The number of anilines is 1.